The Balaban J connectivity index is 1.58. The molecule has 3 atom stereocenters. The van der Waals surface area contributed by atoms with Gasteiger partial charge in [-0.05, 0) is 31.1 Å². The molecule has 98 valence electrons. The Morgan fingerprint density at radius 2 is 2.06 bits per heavy atom. The van der Waals surface area contributed by atoms with Crippen LogP contribution in [0.3, 0.4) is 0 Å². The Kier molecular flexibility index (Phi) is 3.30. The molecule has 0 saturated heterocycles. The van der Waals surface area contributed by atoms with Crippen LogP contribution in [-0.4, -0.2) is 21.1 Å². The zero-order valence-electron chi connectivity index (χ0n) is 10.6. The lowest BCUT2D eigenvalue weighted by atomic mass is 9.67. The van der Waals surface area contributed by atoms with Crippen LogP contribution >= 0.6 is 0 Å². The first kappa shape index (κ1) is 11.7. The molecule has 1 aromatic heterocycles. The van der Waals surface area contributed by atoms with Crippen LogP contribution in [0.1, 0.15) is 44.9 Å². The molecular weight excluding hydrogens is 228 g/mol. The van der Waals surface area contributed by atoms with E-state index in [0.717, 1.165) is 24.7 Å². The zero-order valence-corrected chi connectivity index (χ0v) is 10.6. The fraction of sp³-hybridized carbons (Fsp3) is 0.769. The minimum atomic E-state index is 0.107. The molecule has 0 radical (unpaired) electrons. The van der Waals surface area contributed by atoms with E-state index < -0.39 is 0 Å². The normalized spacial score (nSPS) is 31.7. The quantitative estimate of drug-likeness (QED) is 0.844. The van der Waals surface area contributed by atoms with Crippen molar-refractivity contribution in [2.45, 2.75) is 44.9 Å². The highest BCUT2D eigenvalue weighted by Crippen LogP contribution is 2.42. The maximum absolute atomic E-state index is 12.1. The van der Waals surface area contributed by atoms with Crippen LogP contribution in [0.5, 0.6) is 0 Å². The van der Waals surface area contributed by atoms with Gasteiger partial charge in [0.05, 0.1) is 0 Å². The predicted octanol–water partition coefficient (Wildman–Crippen LogP) is 2.35. The number of aromatic nitrogens is 3. The number of fused-ring (bicyclic) bond motifs is 1. The molecule has 18 heavy (non-hydrogen) atoms. The van der Waals surface area contributed by atoms with Gasteiger partial charge >= 0.3 is 0 Å². The Bertz CT molecular complexity index is 403. The second-order valence-corrected chi connectivity index (χ2v) is 5.64. The van der Waals surface area contributed by atoms with E-state index in [9.17, 15) is 4.79 Å². The molecule has 0 bridgehead atoms. The molecule has 3 unspecified atom stereocenters. The summed E-state index contributed by atoms with van der Waals surface area (Å²) in [6.45, 7) is 0. The van der Waals surface area contributed by atoms with Gasteiger partial charge in [-0.2, -0.15) is 10.1 Å². The number of nitrogens with one attached hydrogen (secondary N) is 2. The number of carbonyl (C=O) groups is 1. The fourth-order valence-electron chi connectivity index (χ4n) is 3.60. The maximum Gasteiger partial charge on any atom is 0.229 e. The highest BCUT2D eigenvalue weighted by Gasteiger charge is 2.35. The highest BCUT2D eigenvalue weighted by molar-refractivity contribution is 5.90. The lowest BCUT2D eigenvalue weighted by molar-refractivity contribution is -0.122. The topological polar surface area (TPSA) is 70.7 Å². The predicted molar refractivity (Wildman–Crippen MR) is 67.8 cm³/mol. The number of aromatic amines is 1. The van der Waals surface area contributed by atoms with Gasteiger partial charge in [0.25, 0.3) is 0 Å². The van der Waals surface area contributed by atoms with Gasteiger partial charge in [0.1, 0.15) is 6.33 Å². The molecule has 2 saturated carbocycles. The molecule has 5 nitrogen and oxygen atoms in total. The first-order valence-electron chi connectivity index (χ1n) is 6.99. The first-order valence-corrected chi connectivity index (χ1v) is 6.99. The van der Waals surface area contributed by atoms with Crippen LogP contribution in [0.4, 0.5) is 5.95 Å². The average molecular weight is 248 g/mol. The monoisotopic (exact) mass is 248 g/mol. The van der Waals surface area contributed by atoms with Gasteiger partial charge < -0.3 is 0 Å². The SMILES string of the molecule is O=C(Nc1ncn[nH]1)C1CCC2CCCCC2C1. The Morgan fingerprint density at radius 1 is 1.22 bits per heavy atom. The number of rotatable bonds is 2. The molecule has 3 rings (SSSR count). The van der Waals surface area contributed by atoms with Crippen molar-refractivity contribution >= 4 is 11.9 Å². The molecule has 0 spiro atoms. The average Bonchev–Trinajstić information content (AvgIpc) is 2.91. The third-order valence-electron chi connectivity index (χ3n) is 4.57. The van der Waals surface area contributed by atoms with Crippen molar-refractivity contribution in [3.05, 3.63) is 6.33 Å². The van der Waals surface area contributed by atoms with Gasteiger partial charge in [-0.1, -0.05) is 25.7 Å². The van der Waals surface area contributed by atoms with Gasteiger partial charge in [-0.3, -0.25) is 10.1 Å². The van der Waals surface area contributed by atoms with Gasteiger partial charge in [0.2, 0.25) is 11.9 Å². The van der Waals surface area contributed by atoms with Crippen LogP contribution in [0.2, 0.25) is 0 Å². The summed E-state index contributed by atoms with van der Waals surface area (Å²) in [4.78, 5) is 16.1. The van der Waals surface area contributed by atoms with Gasteiger partial charge in [0, 0.05) is 5.92 Å². The molecular formula is C13H20N4O. The standard InChI is InChI=1S/C13H20N4O/c18-12(16-13-14-8-15-17-13)11-6-5-9-3-1-2-4-10(9)7-11/h8-11H,1-7H2,(H2,14,15,16,17,18). The Hall–Kier alpha value is -1.39. The third kappa shape index (κ3) is 2.40. The van der Waals surface area contributed by atoms with Crippen molar-refractivity contribution in [2.24, 2.45) is 17.8 Å². The summed E-state index contributed by atoms with van der Waals surface area (Å²) in [5.41, 5.74) is 0. The van der Waals surface area contributed by atoms with Crippen LogP contribution in [0.25, 0.3) is 0 Å². The van der Waals surface area contributed by atoms with Crippen LogP contribution < -0.4 is 5.32 Å². The second kappa shape index (κ2) is 5.08. The van der Waals surface area contributed by atoms with Crippen molar-refractivity contribution in [2.75, 3.05) is 5.32 Å². The summed E-state index contributed by atoms with van der Waals surface area (Å²) < 4.78 is 0. The van der Waals surface area contributed by atoms with E-state index in [1.807, 2.05) is 0 Å². The van der Waals surface area contributed by atoms with Gasteiger partial charge in [-0.15, -0.1) is 0 Å². The van der Waals surface area contributed by atoms with Crippen LogP contribution in [-0.2, 0) is 4.79 Å². The summed E-state index contributed by atoms with van der Waals surface area (Å²) in [5.74, 6) is 2.39. The van der Waals surface area contributed by atoms with E-state index in [0.29, 0.717) is 5.95 Å². The van der Waals surface area contributed by atoms with Gasteiger partial charge in [-0.25, -0.2) is 5.10 Å². The summed E-state index contributed by atoms with van der Waals surface area (Å²) in [5, 5.41) is 9.22. The third-order valence-corrected chi connectivity index (χ3v) is 4.57. The van der Waals surface area contributed by atoms with E-state index in [4.69, 9.17) is 0 Å². The highest BCUT2D eigenvalue weighted by atomic mass is 16.2. The van der Waals surface area contributed by atoms with Crippen LogP contribution in [0.15, 0.2) is 6.33 Å². The van der Waals surface area contributed by atoms with Crippen molar-refractivity contribution < 1.29 is 4.79 Å². The summed E-state index contributed by atoms with van der Waals surface area (Å²) in [7, 11) is 0. The van der Waals surface area contributed by atoms with E-state index in [1.54, 1.807) is 0 Å². The molecule has 0 aliphatic heterocycles. The Labute approximate surface area is 107 Å². The number of H-pyrrole nitrogens is 1. The molecule has 1 aromatic rings. The smallest absolute Gasteiger partial charge is 0.229 e. The van der Waals surface area contributed by atoms with E-state index in [-0.39, 0.29) is 11.8 Å². The minimum Gasteiger partial charge on any atom is -0.295 e. The Morgan fingerprint density at radius 3 is 2.83 bits per heavy atom. The first-order chi connectivity index (χ1) is 8.83. The number of hydrogen-bond donors (Lipinski definition) is 2. The summed E-state index contributed by atoms with van der Waals surface area (Å²) in [6.07, 6.45) is 10.1. The van der Waals surface area contributed by atoms with Crippen molar-refractivity contribution in [1.82, 2.24) is 15.2 Å². The number of amides is 1. The summed E-state index contributed by atoms with van der Waals surface area (Å²) >= 11 is 0. The summed E-state index contributed by atoms with van der Waals surface area (Å²) in [6, 6.07) is 0. The molecule has 2 aliphatic carbocycles. The van der Waals surface area contributed by atoms with Crippen molar-refractivity contribution in [3.8, 4) is 0 Å². The molecule has 5 heteroatoms. The molecule has 2 N–H and O–H groups in total. The lowest BCUT2D eigenvalue weighted by Gasteiger charge is -2.38. The molecule has 0 aromatic carbocycles. The second-order valence-electron chi connectivity index (χ2n) is 5.64. The molecule has 1 amide bonds. The number of hydrogen-bond acceptors (Lipinski definition) is 3. The molecule has 2 aliphatic rings. The van der Waals surface area contributed by atoms with E-state index in [1.165, 1.54) is 38.4 Å². The van der Waals surface area contributed by atoms with E-state index in [2.05, 4.69) is 20.5 Å². The van der Waals surface area contributed by atoms with Crippen molar-refractivity contribution in [1.29, 1.82) is 0 Å². The van der Waals surface area contributed by atoms with Crippen molar-refractivity contribution in [3.63, 3.8) is 0 Å². The molecule has 2 fully saturated rings. The van der Waals surface area contributed by atoms with Gasteiger partial charge in [0.15, 0.2) is 0 Å². The van der Waals surface area contributed by atoms with Crippen LogP contribution in [0, 0.1) is 17.8 Å². The number of carbonyl (C=O) groups excluding carboxylic acids is 1. The minimum absolute atomic E-state index is 0.107. The fourth-order valence-corrected chi connectivity index (χ4v) is 3.60. The molecule has 1 heterocycles. The zero-order chi connectivity index (χ0) is 12.4. The number of nitrogens with zero attached hydrogens (tertiary/aromatic N) is 2. The largest absolute Gasteiger partial charge is 0.295 e. The maximum atomic E-state index is 12.1. The lowest BCUT2D eigenvalue weighted by Crippen LogP contribution is -2.34. The van der Waals surface area contributed by atoms with E-state index >= 15 is 0 Å². The number of anilines is 1.